The molecule has 1 aliphatic rings. The van der Waals surface area contributed by atoms with Crippen LogP contribution in [-0.2, 0) is 6.54 Å². The van der Waals surface area contributed by atoms with Crippen molar-refractivity contribution < 1.29 is 0 Å². The molecule has 0 spiro atoms. The normalized spacial score (nSPS) is 29.5. The average Bonchev–Trinajstić information content (AvgIpc) is 2.33. The Labute approximate surface area is 104 Å². The van der Waals surface area contributed by atoms with Gasteiger partial charge in [0.25, 0.3) is 0 Å². The fourth-order valence-electron chi connectivity index (χ4n) is 2.75. The molecule has 0 radical (unpaired) electrons. The molecule has 0 aromatic carbocycles. The summed E-state index contributed by atoms with van der Waals surface area (Å²) in [5.74, 6) is 0.797. The number of rotatable bonds is 3. The molecule has 17 heavy (non-hydrogen) atoms. The number of hydrogen-bond donors (Lipinski definition) is 1. The molecular weight excluding hydrogens is 210 g/mol. The Kier molecular flexibility index (Phi) is 4.13. The Hall–Kier alpha value is -0.930. The predicted molar refractivity (Wildman–Crippen MR) is 70.5 cm³/mol. The van der Waals surface area contributed by atoms with Gasteiger partial charge in [-0.3, -0.25) is 9.88 Å². The van der Waals surface area contributed by atoms with Gasteiger partial charge < -0.3 is 5.73 Å². The predicted octanol–water partition coefficient (Wildman–Crippen LogP) is 2.03. The Bertz CT molecular complexity index is 339. The van der Waals surface area contributed by atoms with Crippen molar-refractivity contribution in [2.24, 2.45) is 11.7 Å². The summed E-state index contributed by atoms with van der Waals surface area (Å²) >= 11 is 0. The Balaban J connectivity index is 1.97. The first-order valence-corrected chi connectivity index (χ1v) is 6.52. The fraction of sp³-hybridized carbons (Fsp3) is 0.643. The summed E-state index contributed by atoms with van der Waals surface area (Å²) in [7, 11) is 2.16. The first-order chi connectivity index (χ1) is 8.16. The summed E-state index contributed by atoms with van der Waals surface area (Å²) in [5.41, 5.74) is 7.36. The number of nitrogens with zero attached hydrogens (tertiary/aromatic N) is 2. The highest BCUT2D eigenvalue weighted by Gasteiger charge is 2.28. The van der Waals surface area contributed by atoms with E-state index in [2.05, 4.69) is 29.9 Å². The lowest BCUT2D eigenvalue weighted by Gasteiger charge is -2.38. The van der Waals surface area contributed by atoms with Crippen LogP contribution in [0.1, 0.15) is 31.9 Å². The highest BCUT2D eigenvalue weighted by atomic mass is 15.2. The van der Waals surface area contributed by atoms with Crippen LogP contribution < -0.4 is 5.73 Å². The summed E-state index contributed by atoms with van der Waals surface area (Å²) in [4.78, 5) is 6.74. The van der Waals surface area contributed by atoms with E-state index < -0.39 is 0 Å². The van der Waals surface area contributed by atoms with Gasteiger partial charge in [-0.15, -0.1) is 0 Å². The largest absolute Gasteiger partial charge is 0.326 e. The SMILES string of the molecule is CC1CCC(N)C(N(C)Cc2ccccn2)C1. The zero-order valence-electron chi connectivity index (χ0n) is 10.8. The van der Waals surface area contributed by atoms with Gasteiger partial charge >= 0.3 is 0 Å². The molecule has 1 aromatic rings. The van der Waals surface area contributed by atoms with Gasteiger partial charge in [-0.1, -0.05) is 13.0 Å². The van der Waals surface area contributed by atoms with Crippen molar-refractivity contribution in [1.29, 1.82) is 0 Å². The Morgan fingerprint density at radius 1 is 1.41 bits per heavy atom. The fourth-order valence-corrected chi connectivity index (χ4v) is 2.75. The Morgan fingerprint density at radius 3 is 2.94 bits per heavy atom. The maximum absolute atomic E-state index is 6.23. The Morgan fingerprint density at radius 2 is 2.24 bits per heavy atom. The lowest BCUT2D eigenvalue weighted by Crippen LogP contribution is -2.49. The van der Waals surface area contributed by atoms with E-state index in [-0.39, 0.29) is 0 Å². The molecule has 2 N–H and O–H groups in total. The molecule has 2 rings (SSSR count). The number of nitrogens with two attached hydrogens (primary N) is 1. The molecule has 1 fully saturated rings. The van der Waals surface area contributed by atoms with Crippen LogP contribution in [0.4, 0.5) is 0 Å². The van der Waals surface area contributed by atoms with Gasteiger partial charge in [-0.25, -0.2) is 0 Å². The first-order valence-electron chi connectivity index (χ1n) is 6.52. The van der Waals surface area contributed by atoms with Gasteiger partial charge in [0.15, 0.2) is 0 Å². The molecule has 94 valence electrons. The van der Waals surface area contributed by atoms with Crippen LogP contribution in [0, 0.1) is 5.92 Å². The van der Waals surface area contributed by atoms with E-state index in [0.717, 1.165) is 24.6 Å². The zero-order valence-corrected chi connectivity index (χ0v) is 10.8. The van der Waals surface area contributed by atoms with Gasteiger partial charge in [-0.05, 0) is 44.4 Å². The van der Waals surface area contributed by atoms with Crippen LogP contribution in [0.25, 0.3) is 0 Å². The van der Waals surface area contributed by atoms with Crippen LogP contribution in [-0.4, -0.2) is 29.0 Å². The molecule has 0 saturated heterocycles. The van der Waals surface area contributed by atoms with Gasteiger partial charge in [-0.2, -0.15) is 0 Å². The van der Waals surface area contributed by atoms with Crippen LogP contribution in [0.15, 0.2) is 24.4 Å². The molecule has 3 unspecified atom stereocenters. The van der Waals surface area contributed by atoms with Crippen LogP contribution in [0.3, 0.4) is 0 Å². The summed E-state index contributed by atoms with van der Waals surface area (Å²) in [5, 5.41) is 0. The maximum Gasteiger partial charge on any atom is 0.0543 e. The number of likely N-dealkylation sites (N-methyl/N-ethyl adjacent to an activating group) is 1. The molecule has 0 bridgehead atoms. The molecule has 3 nitrogen and oxygen atoms in total. The van der Waals surface area contributed by atoms with E-state index in [4.69, 9.17) is 5.73 Å². The summed E-state index contributed by atoms with van der Waals surface area (Å²) in [6, 6.07) is 6.90. The van der Waals surface area contributed by atoms with E-state index in [1.54, 1.807) is 0 Å². The molecular formula is C14H23N3. The summed E-state index contributed by atoms with van der Waals surface area (Å²) < 4.78 is 0. The van der Waals surface area contributed by atoms with Crippen LogP contribution in [0.2, 0.25) is 0 Å². The van der Waals surface area contributed by atoms with Crippen LogP contribution >= 0.6 is 0 Å². The van der Waals surface area contributed by atoms with E-state index >= 15 is 0 Å². The molecule has 1 aliphatic carbocycles. The molecule has 1 heterocycles. The number of aromatic nitrogens is 1. The average molecular weight is 233 g/mol. The minimum Gasteiger partial charge on any atom is -0.326 e. The molecule has 3 heteroatoms. The second-order valence-corrected chi connectivity index (χ2v) is 5.39. The molecule has 0 amide bonds. The molecule has 1 aromatic heterocycles. The van der Waals surface area contributed by atoms with Crippen molar-refractivity contribution in [3.63, 3.8) is 0 Å². The number of pyridine rings is 1. The minimum atomic E-state index is 0.319. The third-order valence-electron chi connectivity index (χ3n) is 3.83. The van der Waals surface area contributed by atoms with Crippen molar-refractivity contribution >= 4 is 0 Å². The van der Waals surface area contributed by atoms with Gasteiger partial charge in [0.2, 0.25) is 0 Å². The smallest absolute Gasteiger partial charge is 0.0543 e. The minimum absolute atomic E-state index is 0.319. The van der Waals surface area contributed by atoms with Crippen LogP contribution in [0.5, 0.6) is 0 Å². The highest BCUT2D eigenvalue weighted by molar-refractivity contribution is 5.04. The molecule has 0 aliphatic heterocycles. The first kappa shape index (κ1) is 12.5. The van der Waals surface area contributed by atoms with Gasteiger partial charge in [0.05, 0.1) is 5.69 Å². The monoisotopic (exact) mass is 233 g/mol. The van der Waals surface area contributed by atoms with E-state index in [1.807, 2.05) is 18.3 Å². The van der Waals surface area contributed by atoms with E-state index in [9.17, 15) is 0 Å². The standard InChI is InChI=1S/C14H23N3/c1-11-6-7-13(15)14(9-11)17(2)10-12-5-3-4-8-16-12/h3-5,8,11,13-14H,6-7,9-10,15H2,1-2H3. The molecule has 1 saturated carbocycles. The lowest BCUT2D eigenvalue weighted by atomic mass is 9.83. The van der Waals surface area contributed by atoms with Crippen molar-refractivity contribution in [3.05, 3.63) is 30.1 Å². The van der Waals surface area contributed by atoms with Gasteiger partial charge in [0, 0.05) is 24.8 Å². The quantitative estimate of drug-likeness (QED) is 0.868. The zero-order chi connectivity index (χ0) is 12.3. The number of hydrogen-bond acceptors (Lipinski definition) is 3. The van der Waals surface area contributed by atoms with Crippen molar-refractivity contribution in [2.75, 3.05) is 7.05 Å². The lowest BCUT2D eigenvalue weighted by molar-refractivity contribution is 0.135. The topological polar surface area (TPSA) is 42.1 Å². The highest BCUT2D eigenvalue weighted by Crippen LogP contribution is 2.26. The van der Waals surface area contributed by atoms with Crippen molar-refractivity contribution in [2.45, 2.75) is 44.8 Å². The second-order valence-electron chi connectivity index (χ2n) is 5.39. The second kappa shape index (κ2) is 5.61. The third kappa shape index (κ3) is 3.27. The molecule has 3 atom stereocenters. The van der Waals surface area contributed by atoms with E-state index in [0.29, 0.717) is 12.1 Å². The van der Waals surface area contributed by atoms with Gasteiger partial charge in [0.1, 0.15) is 0 Å². The van der Waals surface area contributed by atoms with E-state index in [1.165, 1.54) is 12.8 Å². The maximum atomic E-state index is 6.23. The summed E-state index contributed by atoms with van der Waals surface area (Å²) in [6.07, 6.45) is 5.49. The van der Waals surface area contributed by atoms with Crippen molar-refractivity contribution in [3.8, 4) is 0 Å². The summed E-state index contributed by atoms with van der Waals surface area (Å²) in [6.45, 7) is 3.22. The van der Waals surface area contributed by atoms with Crippen molar-refractivity contribution in [1.82, 2.24) is 9.88 Å². The third-order valence-corrected chi connectivity index (χ3v) is 3.83.